The summed E-state index contributed by atoms with van der Waals surface area (Å²) in [5.74, 6) is -3.48. The van der Waals surface area contributed by atoms with E-state index in [-0.39, 0.29) is 10.7 Å². The van der Waals surface area contributed by atoms with Crippen molar-refractivity contribution in [3.05, 3.63) is 59.1 Å². The van der Waals surface area contributed by atoms with E-state index in [9.17, 15) is 14.4 Å². The molecule has 0 aromatic heterocycles. The Kier molecular flexibility index (Phi) is 5.29. The van der Waals surface area contributed by atoms with Crippen LogP contribution in [0, 0.1) is 5.92 Å². The van der Waals surface area contributed by atoms with E-state index in [1.807, 2.05) is 0 Å². The first kappa shape index (κ1) is 18.7. The summed E-state index contributed by atoms with van der Waals surface area (Å²) < 4.78 is 0. The van der Waals surface area contributed by atoms with Gasteiger partial charge in [-0.25, -0.2) is 4.79 Å². The monoisotopic (exact) mass is 401 g/mol. The molecule has 2 aromatic rings. The van der Waals surface area contributed by atoms with Gasteiger partial charge in [0.1, 0.15) is 0 Å². The highest BCUT2D eigenvalue weighted by Crippen LogP contribution is 2.23. The fraction of sp³-hybridized carbons (Fsp3) is 0.0556. The minimum absolute atomic E-state index is 0.0372. The molecular formula is C18H12ClN3O4S. The van der Waals surface area contributed by atoms with Gasteiger partial charge < -0.3 is 10.4 Å². The van der Waals surface area contributed by atoms with Crippen molar-refractivity contribution in [2.24, 2.45) is 10.9 Å². The van der Waals surface area contributed by atoms with Crippen molar-refractivity contribution in [3.8, 4) is 0 Å². The number of halogens is 1. The number of hydrogen-bond acceptors (Lipinski definition) is 5. The lowest BCUT2D eigenvalue weighted by Gasteiger charge is -2.30. The molecular weight excluding hydrogens is 390 g/mol. The Labute approximate surface area is 164 Å². The Bertz CT molecular complexity index is 975. The smallest absolute Gasteiger partial charge is 0.335 e. The quantitative estimate of drug-likeness (QED) is 0.466. The van der Waals surface area contributed by atoms with Gasteiger partial charge in [-0.3, -0.25) is 19.5 Å². The van der Waals surface area contributed by atoms with Gasteiger partial charge in [0.15, 0.2) is 11.0 Å². The van der Waals surface area contributed by atoms with Crippen LogP contribution in [-0.2, 0) is 9.59 Å². The number of carboxylic acids is 1. The SMILES string of the molecule is O=C(O)c1cccc(N=C[C@H]2C(=O)NC(=S)N(c3ccc(Cl)cc3)C2=O)c1. The summed E-state index contributed by atoms with van der Waals surface area (Å²) in [6.45, 7) is 0. The third-order valence-electron chi connectivity index (χ3n) is 3.75. The second kappa shape index (κ2) is 7.65. The molecule has 27 heavy (non-hydrogen) atoms. The molecule has 2 amide bonds. The van der Waals surface area contributed by atoms with Crippen LogP contribution in [0.1, 0.15) is 10.4 Å². The van der Waals surface area contributed by atoms with Crippen molar-refractivity contribution in [3.63, 3.8) is 0 Å². The summed E-state index contributed by atoms with van der Waals surface area (Å²) in [6.07, 6.45) is 1.17. The average molecular weight is 402 g/mol. The first-order valence-electron chi connectivity index (χ1n) is 7.69. The predicted molar refractivity (Wildman–Crippen MR) is 105 cm³/mol. The Morgan fingerprint density at radius 1 is 1.22 bits per heavy atom. The van der Waals surface area contributed by atoms with Crippen LogP contribution in [0.3, 0.4) is 0 Å². The van der Waals surface area contributed by atoms with E-state index in [0.717, 1.165) is 0 Å². The van der Waals surface area contributed by atoms with Crippen LogP contribution in [0.25, 0.3) is 0 Å². The zero-order valence-electron chi connectivity index (χ0n) is 13.6. The van der Waals surface area contributed by atoms with Crippen LogP contribution in [0.2, 0.25) is 5.02 Å². The van der Waals surface area contributed by atoms with Gasteiger partial charge in [-0.15, -0.1) is 0 Å². The van der Waals surface area contributed by atoms with Crippen molar-refractivity contribution in [1.82, 2.24) is 5.32 Å². The highest BCUT2D eigenvalue weighted by molar-refractivity contribution is 7.80. The fourth-order valence-electron chi connectivity index (χ4n) is 2.44. The maximum atomic E-state index is 12.8. The van der Waals surface area contributed by atoms with E-state index < -0.39 is 23.7 Å². The van der Waals surface area contributed by atoms with Gasteiger partial charge >= 0.3 is 5.97 Å². The number of amides is 2. The molecule has 1 saturated heterocycles. The minimum Gasteiger partial charge on any atom is -0.478 e. The number of hydrogen-bond donors (Lipinski definition) is 2. The number of aliphatic imine (C=N–C) groups is 1. The Morgan fingerprint density at radius 3 is 2.59 bits per heavy atom. The molecule has 1 aliphatic heterocycles. The lowest BCUT2D eigenvalue weighted by Crippen LogP contribution is -2.58. The van der Waals surface area contributed by atoms with Crippen LogP contribution in [-0.4, -0.2) is 34.2 Å². The Balaban J connectivity index is 1.88. The molecule has 2 aromatic carbocycles. The molecule has 3 rings (SSSR count). The zero-order chi connectivity index (χ0) is 19.6. The number of thiocarbonyl (C=S) groups is 1. The number of nitrogens with zero attached hydrogens (tertiary/aromatic N) is 2. The molecule has 9 heteroatoms. The summed E-state index contributed by atoms with van der Waals surface area (Å²) in [5.41, 5.74) is 0.815. The number of carboxylic acid groups (broad SMARTS) is 1. The van der Waals surface area contributed by atoms with E-state index in [2.05, 4.69) is 10.3 Å². The summed E-state index contributed by atoms with van der Waals surface area (Å²) in [4.78, 5) is 41.3. The molecule has 1 atom stereocenters. The first-order chi connectivity index (χ1) is 12.9. The van der Waals surface area contributed by atoms with Gasteiger partial charge in [-0.05, 0) is 54.7 Å². The number of carbonyl (C=O) groups is 3. The number of aromatic carboxylic acids is 1. The number of nitrogens with one attached hydrogen (secondary N) is 1. The average Bonchev–Trinajstić information content (AvgIpc) is 2.63. The number of anilines is 1. The molecule has 136 valence electrons. The highest BCUT2D eigenvalue weighted by Gasteiger charge is 2.38. The molecule has 0 bridgehead atoms. The number of rotatable bonds is 4. The van der Waals surface area contributed by atoms with E-state index in [1.54, 1.807) is 30.3 Å². The van der Waals surface area contributed by atoms with Gasteiger partial charge in [0.05, 0.1) is 16.9 Å². The fourth-order valence-corrected chi connectivity index (χ4v) is 2.86. The third-order valence-corrected chi connectivity index (χ3v) is 4.29. The summed E-state index contributed by atoms with van der Waals surface area (Å²) in [5, 5.41) is 11.9. The molecule has 0 aliphatic carbocycles. The predicted octanol–water partition coefficient (Wildman–Crippen LogP) is 2.80. The van der Waals surface area contributed by atoms with Crippen LogP contribution in [0.15, 0.2) is 53.5 Å². The van der Waals surface area contributed by atoms with Gasteiger partial charge in [0.25, 0.3) is 5.91 Å². The summed E-state index contributed by atoms with van der Waals surface area (Å²) in [7, 11) is 0. The van der Waals surface area contributed by atoms with Crippen LogP contribution in [0.5, 0.6) is 0 Å². The van der Waals surface area contributed by atoms with Crippen molar-refractivity contribution >= 4 is 64.3 Å². The van der Waals surface area contributed by atoms with E-state index in [4.69, 9.17) is 28.9 Å². The number of benzene rings is 2. The third kappa shape index (κ3) is 4.02. The van der Waals surface area contributed by atoms with E-state index in [0.29, 0.717) is 16.4 Å². The molecule has 0 radical (unpaired) electrons. The van der Waals surface area contributed by atoms with Crippen LogP contribution in [0.4, 0.5) is 11.4 Å². The van der Waals surface area contributed by atoms with Crippen molar-refractivity contribution in [1.29, 1.82) is 0 Å². The highest BCUT2D eigenvalue weighted by atomic mass is 35.5. The molecule has 0 spiro atoms. The second-order valence-corrected chi connectivity index (χ2v) is 6.38. The lowest BCUT2D eigenvalue weighted by atomic mass is 10.1. The standard InChI is InChI=1S/C18H12ClN3O4S/c19-11-4-6-13(7-5-11)22-16(24)14(15(23)21-18(22)27)9-20-12-3-1-2-10(8-12)17(25)26/h1-9,14H,(H,25,26)(H,21,23,27)/t14-/m0/s1. The second-order valence-electron chi connectivity index (χ2n) is 5.56. The molecule has 2 N–H and O–H groups in total. The zero-order valence-corrected chi connectivity index (χ0v) is 15.2. The van der Waals surface area contributed by atoms with E-state index in [1.165, 1.54) is 29.3 Å². The molecule has 0 unspecified atom stereocenters. The maximum Gasteiger partial charge on any atom is 0.335 e. The normalized spacial score (nSPS) is 17.3. The Morgan fingerprint density at radius 2 is 1.93 bits per heavy atom. The minimum atomic E-state index is -1.21. The van der Waals surface area contributed by atoms with Gasteiger partial charge in [-0.1, -0.05) is 17.7 Å². The molecule has 0 saturated carbocycles. The summed E-state index contributed by atoms with van der Waals surface area (Å²) in [6, 6.07) is 12.3. The van der Waals surface area contributed by atoms with Crippen molar-refractivity contribution in [2.75, 3.05) is 4.90 Å². The summed E-state index contributed by atoms with van der Waals surface area (Å²) >= 11 is 11.0. The number of carbonyl (C=O) groups excluding carboxylic acids is 2. The van der Waals surface area contributed by atoms with Crippen molar-refractivity contribution < 1.29 is 19.5 Å². The molecule has 1 heterocycles. The maximum absolute atomic E-state index is 12.8. The lowest BCUT2D eigenvalue weighted by molar-refractivity contribution is -0.130. The largest absolute Gasteiger partial charge is 0.478 e. The molecule has 1 fully saturated rings. The van der Waals surface area contributed by atoms with Crippen molar-refractivity contribution in [2.45, 2.75) is 0 Å². The van der Waals surface area contributed by atoms with Gasteiger partial charge in [0.2, 0.25) is 5.91 Å². The molecule has 7 nitrogen and oxygen atoms in total. The van der Waals surface area contributed by atoms with Crippen LogP contribution < -0.4 is 10.2 Å². The van der Waals surface area contributed by atoms with Crippen LogP contribution >= 0.6 is 23.8 Å². The topological polar surface area (TPSA) is 99.1 Å². The Hall–Kier alpha value is -3.10. The van der Waals surface area contributed by atoms with E-state index >= 15 is 0 Å². The molecule has 1 aliphatic rings. The van der Waals surface area contributed by atoms with Gasteiger partial charge in [-0.2, -0.15) is 0 Å². The van der Waals surface area contributed by atoms with Gasteiger partial charge in [0, 0.05) is 11.2 Å². The first-order valence-corrected chi connectivity index (χ1v) is 8.47.